The Hall–Kier alpha value is -1.87. The number of nitrogens with zero attached hydrogens (tertiary/aromatic N) is 1. The Morgan fingerprint density at radius 3 is 2.71 bits per heavy atom. The number of nitrogens with one attached hydrogen (secondary N) is 1. The molecule has 0 aliphatic carbocycles. The lowest BCUT2D eigenvalue weighted by molar-refractivity contribution is 0.0600. The molecule has 5 nitrogen and oxygen atoms in total. The Morgan fingerprint density at radius 2 is 2.12 bits per heavy atom. The number of hydrogen-bond acceptors (Lipinski definition) is 5. The van der Waals surface area contributed by atoms with Gasteiger partial charge in [-0.2, -0.15) is 4.39 Å². The van der Waals surface area contributed by atoms with E-state index < -0.39 is 28.9 Å². The molecule has 0 saturated heterocycles. The van der Waals surface area contributed by atoms with Crippen LogP contribution in [0.25, 0.3) is 0 Å². The Balaban J connectivity index is 2.60. The summed E-state index contributed by atoms with van der Waals surface area (Å²) >= 11 is 4.39. The van der Waals surface area contributed by atoms with Crippen LogP contribution in [0.4, 0.5) is 20.2 Å². The number of hydrogen-bond donors (Lipinski definition) is 1. The van der Waals surface area contributed by atoms with Gasteiger partial charge in [-0.1, -0.05) is 15.9 Å². The van der Waals surface area contributed by atoms with Gasteiger partial charge >= 0.3 is 5.97 Å². The minimum Gasteiger partial charge on any atom is -0.465 e. The van der Waals surface area contributed by atoms with Gasteiger partial charge in [0.2, 0.25) is 5.82 Å². The van der Waals surface area contributed by atoms with Crippen molar-refractivity contribution in [1.82, 2.24) is 4.57 Å². The largest absolute Gasteiger partial charge is 0.465 e. The van der Waals surface area contributed by atoms with E-state index in [2.05, 4.69) is 26.0 Å². The molecule has 1 N–H and O–H groups in total. The van der Waals surface area contributed by atoms with E-state index >= 15 is 0 Å². The van der Waals surface area contributed by atoms with Crippen LogP contribution in [0.15, 0.2) is 33.7 Å². The molecule has 0 fully saturated rings. The van der Waals surface area contributed by atoms with Crippen LogP contribution in [0.1, 0.15) is 10.4 Å². The molecule has 0 saturated carbocycles. The molecule has 1 aromatic carbocycles. The van der Waals surface area contributed by atoms with E-state index in [1.54, 1.807) is 6.26 Å². The zero-order chi connectivity index (χ0) is 17.9. The van der Waals surface area contributed by atoms with Crippen LogP contribution in [0.2, 0.25) is 0 Å². The lowest BCUT2D eigenvalue weighted by atomic mass is 10.2. The second-order valence-electron chi connectivity index (χ2n) is 4.67. The van der Waals surface area contributed by atoms with Crippen molar-refractivity contribution in [2.75, 3.05) is 18.7 Å². The van der Waals surface area contributed by atoms with Crippen molar-refractivity contribution in [3.8, 4) is 0 Å². The van der Waals surface area contributed by atoms with Gasteiger partial charge in [-0.05, 0) is 24.5 Å². The molecule has 0 amide bonds. The summed E-state index contributed by atoms with van der Waals surface area (Å²) in [5.74, 6) is -2.54. The molecular weight excluding hydrogens is 406 g/mol. The average Bonchev–Trinajstić information content (AvgIpc) is 2.55. The lowest BCUT2D eigenvalue weighted by Crippen LogP contribution is -2.26. The molecule has 0 unspecified atom stereocenters. The smallest absolute Gasteiger partial charge is 0.341 e. The molecule has 128 valence electrons. The molecule has 0 aliphatic rings. The van der Waals surface area contributed by atoms with Crippen LogP contribution in [0, 0.1) is 11.6 Å². The summed E-state index contributed by atoms with van der Waals surface area (Å²) in [4.78, 5) is 24.0. The minimum atomic E-state index is -1.19. The fourth-order valence-electron chi connectivity index (χ4n) is 1.98. The summed E-state index contributed by atoms with van der Waals surface area (Å²) in [6, 6.07) is 4.07. The monoisotopic (exact) mass is 418 g/mol. The van der Waals surface area contributed by atoms with Crippen molar-refractivity contribution < 1.29 is 18.3 Å². The summed E-state index contributed by atoms with van der Waals surface area (Å²) in [6.07, 6.45) is 2.92. The standard InChI is InChI=1S/C15H13BrF2N2O3S/c1-23-15(22)9-6-20(7-24-2)14(21)12(18)13(9)19-11-4-3-8(16)5-10(11)17/h3-6,19H,7H2,1-2H3. The maximum absolute atomic E-state index is 14.5. The third-order valence-electron chi connectivity index (χ3n) is 3.09. The molecule has 0 spiro atoms. The number of pyridine rings is 1. The topological polar surface area (TPSA) is 60.3 Å². The number of benzene rings is 1. The van der Waals surface area contributed by atoms with Crippen LogP contribution in [-0.2, 0) is 10.6 Å². The molecule has 2 aromatic rings. The Bertz CT molecular complexity index is 842. The normalized spacial score (nSPS) is 10.5. The first kappa shape index (κ1) is 18.5. The van der Waals surface area contributed by atoms with Crippen molar-refractivity contribution in [3.63, 3.8) is 0 Å². The van der Waals surface area contributed by atoms with E-state index in [4.69, 9.17) is 0 Å². The maximum Gasteiger partial charge on any atom is 0.341 e. The zero-order valence-corrected chi connectivity index (χ0v) is 15.1. The highest BCUT2D eigenvalue weighted by atomic mass is 79.9. The van der Waals surface area contributed by atoms with Crippen LogP contribution < -0.4 is 10.9 Å². The second kappa shape index (κ2) is 7.80. The lowest BCUT2D eigenvalue weighted by Gasteiger charge is -2.15. The fraction of sp³-hybridized carbons (Fsp3) is 0.200. The van der Waals surface area contributed by atoms with Gasteiger partial charge in [0, 0.05) is 10.7 Å². The molecule has 24 heavy (non-hydrogen) atoms. The van der Waals surface area contributed by atoms with Crippen molar-refractivity contribution in [1.29, 1.82) is 0 Å². The fourth-order valence-corrected chi connectivity index (χ4v) is 2.78. The molecule has 0 bridgehead atoms. The highest BCUT2D eigenvalue weighted by Gasteiger charge is 2.22. The minimum absolute atomic E-state index is 0.0794. The quantitative estimate of drug-likeness (QED) is 0.749. The SMILES string of the molecule is COC(=O)c1cn(CSC)c(=O)c(F)c1Nc1ccc(Br)cc1F. The first-order valence-electron chi connectivity index (χ1n) is 6.61. The van der Waals surface area contributed by atoms with Gasteiger partial charge in [0.1, 0.15) is 11.4 Å². The molecule has 1 aromatic heterocycles. The maximum atomic E-state index is 14.5. The van der Waals surface area contributed by atoms with Crippen LogP contribution in [0.5, 0.6) is 0 Å². The van der Waals surface area contributed by atoms with Gasteiger partial charge in [-0.3, -0.25) is 4.79 Å². The van der Waals surface area contributed by atoms with Crippen LogP contribution in [-0.4, -0.2) is 23.9 Å². The average molecular weight is 419 g/mol. The number of esters is 1. The van der Waals surface area contributed by atoms with Gasteiger partial charge in [0.05, 0.1) is 24.4 Å². The third kappa shape index (κ3) is 3.78. The van der Waals surface area contributed by atoms with Gasteiger partial charge in [-0.25, -0.2) is 9.18 Å². The predicted molar refractivity (Wildman–Crippen MR) is 92.9 cm³/mol. The number of thioether (sulfide) groups is 1. The number of methoxy groups -OCH3 is 1. The number of aromatic nitrogens is 1. The van der Waals surface area contributed by atoms with Gasteiger partial charge in [0.25, 0.3) is 5.56 Å². The second-order valence-corrected chi connectivity index (χ2v) is 6.42. The summed E-state index contributed by atoms with van der Waals surface area (Å²) in [5, 5.41) is 2.47. The highest BCUT2D eigenvalue weighted by Crippen LogP contribution is 2.27. The predicted octanol–water partition coefficient (Wildman–Crippen LogP) is 3.74. The Morgan fingerprint density at radius 1 is 1.42 bits per heavy atom. The van der Waals surface area contributed by atoms with E-state index in [0.717, 1.165) is 11.7 Å². The van der Waals surface area contributed by atoms with E-state index in [1.807, 2.05) is 0 Å². The molecule has 0 radical (unpaired) electrons. The summed E-state index contributed by atoms with van der Waals surface area (Å²) in [5.41, 5.74) is -1.63. The number of carbonyl (C=O) groups is 1. The van der Waals surface area contributed by atoms with Crippen molar-refractivity contribution >= 4 is 45.0 Å². The first-order valence-corrected chi connectivity index (χ1v) is 8.80. The molecule has 9 heteroatoms. The summed E-state index contributed by atoms with van der Waals surface area (Å²) < 4.78 is 34.6. The van der Waals surface area contributed by atoms with Crippen molar-refractivity contribution in [2.45, 2.75) is 5.88 Å². The van der Waals surface area contributed by atoms with E-state index in [0.29, 0.717) is 4.47 Å². The third-order valence-corrected chi connectivity index (χ3v) is 4.12. The number of carbonyl (C=O) groups excluding carboxylic acids is 1. The number of halogens is 3. The molecule has 0 atom stereocenters. The van der Waals surface area contributed by atoms with Crippen LogP contribution in [0.3, 0.4) is 0 Å². The number of ether oxygens (including phenoxy) is 1. The summed E-state index contributed by atoms with van der Waals surface area (Å²) in [7, 11) is 1.13. The number of rotatable bonds is 5. The Kier molecular flexibility index (Phi) is 6.00. The van der Waals surface area contributed by atoms with E-state index in [1.165, 1.54) is 36.2 Å². The molecular formula is C15H13BrF2N2O3S. The van der Waals surface area contributed by atoms with Gasteiger partial charge in [0.15, 0.2) is 0 Å². The Labute approximate surface area is 149 Å². The van der Waals surface area contributed by atoms with Gasteiger partial charge < -0.3 is 14.6 Å². The highest BCUT2D eigenvalue weighted by molar-refractivity contribution is 9.10. The molecule has 2 rings (SSSR count). The zero-order valence-electron chi connectivity index (χ0n) is 12.7. The number of anilines is 2. The van der Waals surface area contributed by atoms with E-state index in [-0.39, 0.29) is 17.1 Å². The van der Waals surface area contributed by atoms with Crippen molar-refractivity contribution in [2.24, 2.45) is 0 Å². The molecule has 1 heterocycles. The first-order chi connectivity index (χ1) is 11.4. The van der Waals surface area contributed by atoms with E-state index in [9.17, 15) is 18.4 Å². The van der Waals surface area contributed by atoms with Crippen molar-refractivity contribution in [3.05, 3.63) is 56.4 Å². The summed E-state index contributed by atoms with van der Waals surface area (Å²) in [6.45, 7) is 0. The molecule has 0 aliphatic heterocycles. The van der Waals surface area contributed by atoms with Crippen LogP contribution >= 0.6 is 27.7 Å². The van der Waals surface area contributed by atoms with Gasteiger partial charge in [-0.15, -0.1) is 11.8 Å².